The van der Waals surface area contributed by atoms with Gasteiger partial charge in [0.05, 0.1) is 38.8 Å². The van der Waals surface area contributed by atoms with Crippen LogP contribution in [0.2, 0.25) is 0 Å². The van der Waals surface area contributed by atoms with Crippen molar-refractivity contribution in [1.29, 1.82) is 0 Å². The van der Waals surface area contributed by atoms with Crippen LogP contribution in [0.3, 0.4) is 0 Å². The van der Waals surface area contributed by atoms with E-state index in [2.05, 4.69) is 623 Å². The lowest BCUT2D eigenvalue weighted by atomic mass is 9.93. The van der Waals surface area contributed by atoms with Gasteiger partial charge in [0.2, 0.25) is 0 Å². The first-order valence-electron chi connectivity index (χ1n) is 51.5. The molecule has 0 saturated heterocycles. The molecule has 3 aromatic heterocycles. The lowest BCUT2D eigenvalue weighted by Crippen LogP contribution is -2.10. The molecule has 29 rings (SSSR count). The fourth-order valence-electron chi connectivity index (χ4n) is 22.7. The summed E-state index contributed by atoms with van der Waals surface area (Å²) in [7, 11) is 0. The van der Waals surface area contributed by atoms with E-state index in [1.807, 2.05) is 0 Å². The van der Waals surface area contributed by atoms with Crippen molar-refractivity contribution in [1.82, 2.24) is 13.7 Å². The zero-order valence-corrected chi connectivity index (χ0v) is 82.3. The number of para-hydroxylation sites is 6. The average Bonchev–Trinajstić information content (AvgIpc) is 1.27. The van der Waals surface area contributed by atoms with E-state index >= 15 is 0 Å². The van der Waals surface area contributed by atoms with E-state index < -0.39 is 0 Å². The molecule has 0 radical (unpaired) electrons. The summed E-state index contributed by atoms with van der Waals surface area (Å²) < 4.78 is 7.17. The zero-order valence-electron chi connectivity index (χ0n) is 82.3. The third-order valence-electron chi connectivity index (χ3n) is 29.8. The Morgan fingerprint density at radius 3 is 0.687 bits per heavy atom. The minimum Gasteiger partial charge on any atom is -0.310 e. The van der Waals surface area contributed by atoms with Gasteiger partial charge >= 0.3 is 0 Å². The maximum atomic E-state index is 2.42. The molecule has 704 valence electrons. The largest absolute Gasteiger partial charge is 0.310 e. The molecule has 0 spiro atoms. The summed E-state index contributed by atoms with van der Waals surface area (Å²) in [6, 6.07) is 215. The van der Waals surface area contributed by atoms with Crippen molar-refractivity contribution >= 4 is 170 Å². The van der Waals surface area contributed by atoms with Gasteiger partial charge in [-0.25, -0.2) is 0 Å². The van der Waals surface area contributed by atoms with Crippen LogP contribution in [-0.4, -0.2) is 13.7 Å². The molecule has 150 heavy (non-hydrogen) atoms. The number of anilines is 9. The molecule has 0 aliphatic heterocycles. The van der Waals surface area contributed by atoms with Gasteiger partial charge in [-0.3, -0.25) is 0 Å². The van der Waals surface area contributed by atoms with Crippen LogP contribution in [0, 0.1) is 0 Å². The van der Waals surface area contributed by atoms with Gasteiger partial charge in [0, 0.05) is 100 Å². The lowest BCUT2D eigenvalue weighted by Gasteiger charge is -2.27. The van der Waals surface area contributed by atoms with Gasteiger partial charge in [0.25, 0.3) is 0 Å². The maximum absolute atomic E-state index is 2.42. The Balaban J connectivity index is 0.000000111. The number of hydrogen-bond donors (Lipinski definition) is 0. The fourth-order valence-corrected chi connectivity index (χ4v) is 22.7. The highest BCUT2D eigenvalue weighted by Gasteiger charge is 2.25. The van der Waals surface area contributed by atoms with Gasteiger partial charge in [-0.05, 0) is 291 Å². The minimum absolute atomic E-state index is 1.11. The van der Waals surface area contributed by atoms with E-state index in [9.17, 15) is 0 Å². The monoisotopic (exact) mass is 1910 g/mol. The van der Waals surface area contributed by atoms with Crippen LogP contribution in [0.4, 0.5) is 51.2 Å². The van der Waals surface area contributed by atoms with E-state index in [0.29, 0.717) is 0 Å². The van der Waals surface area contributed by atoms with Crippen molar-refractivity contribution in [2.24, 2.45) is 0 Å². The molecule has 3 heterocycles. The van der Waals surface area contributed by atoms with E-state index in [1.54, 1.807) is 0 Å². The third kappa shape index (κ3) is 16.6. The lowest BCUT2D eigenvalue weighted by molar-refractivity contribution is 1.18. The number of benzene rings is 26. The van der Waals surface area contributed by atoms with Gasteiger partial charge < -0.3 is 28.4 Å². The molecule has 0 saturated carbocycles. The third-order valence-corrected chi connectivity index (χ3v) is 29.8. The molecule has 0 aliphatic rings. The van der Waals surface area contributed by atoms with E-state index in [-0.39, 0.29) is 0 Å². The summed E-state index contributed by atoms with van der Waals surface area (Å²) >= 11 is 0. The summed E-state index contributed by atoms with van der Waals surface area (Å²) in [5.41, 5.74) is 35.3. The Morgan fingerprint density at radius 2 is 0.340 bits per heavy atom. The highest BCUT2D eigenvalue weighted by Crippen LogP contribution is 2.49. The smallest absolute Gasteiger partial charge is 0.0541 e. The van der Waals surface area contributed by atoms with E-state index in [1.165, 1.54) is 192 Å². The van der Waals surface area contributed by atoms with Crippen LogP contribution in [0.15, 0.2) is 595 Å². The first-order valence-corrected chi connectivity index (χ1v) is 51.5. The summed E-state index contributed by atoms with van der Waals surface area (Å²) in [5.74, 6) is 0. The van der Waals surface area contributed by atoms with Crippen LogP contribution in [0.5, 0.6) is 0 Å². The maximum Gasteiger partial charge on any atom is 0.0541 e. The summed E-state index contributed by atoms with van der Waals surface area (Å²) in [5, 5.41) is 20.1. The Bertz CT molecular complexity index is 9720. The molecule has 0 aliphatic carbocycles. The van der Waals surface area contributed by atoms with Crippen LogP contribution >= 0.6 is 0 Å². The second kappa shape index (κ2) is 38.6. The van der Waals surface area contributed by atoms with Gasteiger partial charge in [-0.2, -0.15) is 0 Å². The SMILES string of the molecule is c1ccc(-c2ccc(N(c3ccc(-c4cccc(-n5c6ccccc6c6ccccc65)c4)cc3)c3ccc4ccccc4c3)cc2)cc1.c1ccc(-c2ccc(N(c3ccc(-c4cccc(-n5c6ccccc6c6ccccc65)c4)cc3)c3cccc4ccccc34)cc2)cc1.c1ccc(-c2ccc(N(c3ccc(-c4ccccc4)cc3)c3cc4ccc5cc(-n6c7ccccc7c7ccccc76)cc6ccc(c3)c4c56)cc2)cc1. The number of fused-ring (bicyclic) bond motifs is 11. The van der Waals surface area contributed by atoms with E-state index in [0.717, 1.165) is 62.6 Å². The molecule has 0 bridgehead atoms. The molecule has 6 nitrogen and oxygen atoms in total. The summed E-state index contributed by atoms with van der Waals surface area (Å²) in [6.07, 6.45) is 0. The Labute approximate surface area is 870 Å². The first-order chi connectivity index (χ1) is 74.4. The zero-order chi connectivity index (χ0) is 99.3. The average molecular weight is 1910 g/mol. The minimum atomic E-state index is 1.11. The van der Waals surface area contributed by atoms with Crippen molar-refractivity contribution in [3.05, 3.63) is 595 Å². The predicted molar refractivity (Wildman–Crippen MR) is 638 cm³/mol. The standard InChI is InChI=1S/C52H34N2.2C46H32N2/c1-3-11-35(12-4-1)37-23-27-43(28-24-37)53(44-29-25-38(26-30-44)36-13-5-2-6-14-36)45-31-39-19-21-41-33-46(34-42-22-20-40(32-45)51(39)52(41)42)54-49-17-9-7-15-47(49)48-16-8-10-18-50(48)54;1-2-12-33(13-3-1)34-24-28-38(29-25-34)47(44-23-11-15-36-14-4-5-18-41(36)44)39-30-26-35(27-31-39)37-16-10-17-40(32-37)48-45-21-8-6-19-42(45)43-20-7-9-22-46(43)48;1-2-11-33(12-3-1)35-21-26-39(27-22-35)47(42-30-25-34-13-4-5-14-37(34)32-42)40-28-23-36(24-29-40)38-15-10-16-41(31-38)48-45-19-8-6-17-43(45)44-18-7-9-20-46(44)48/h1-34H;2*1-32H. The number of hydrogen-bond acceptors (Lipinski definition) is 3. The Morgan fingerprint density at radius 1 is 0.113 bits per heavy atom. The molecule has 0 unspecified atom stereocenters. The molecular weight excluding hydrogens is 1810 g/mol. The quantitative estimate of drug-likeness (QED) is 0.0801. The van der Waals surface area contributed by atoms with Crippen molar-refractivity contribution in [3.63, 3.8) is 0 Å². The van der Waals surface area contributed by atoms with Crippen LogP contribution < -0.4 is 14.7 Å². The first kappa shape index (κ1) is 89.0. The van der Waals surface area contributed by atoms with Crippen LogP contribution in [-0.2, 0) is 0 Å². The van der Waals surface area contributed by atoms with Crippen molar-refractivity contribution in [2.45, 2.75) is 0 Å². The highest BCUT2D eigenvalue weighted by molar-refractivity contribution is 6.25. The molecule has 29 aromatic rings. The van der Waals surface area contributed by atoms with Crippen LogP contribution in [0.1, 0.15) is 0 Å². The van der Waals surface area contributed by atoms with Crippen LogP contribution in [0.25, 0.3) is 203 Å². The van der Waals surface area contributed by atoms with Gasteiger partial charge in [0.1, 0.15) is 0 Å². The second-order valence-corrected chi connectivity index (χ2v) is 38.7. The number of nitrogens with zero attached hydrogens (tertiary/aromatic N) is 6. The molecule has 0 fully saturated rings. The number of aromatic nitrogens is 3. The van der Waals surface area contributed by atoms with Gasteiger partial charge in [-0.15, -0.1) is 0 Å². The van der Waals surface area contributed by atoms with E-state index in [4.69, 9.17) is 0 Å². The highest BCUT2D eigenvalue weighted by atomic mass is 15.2. The molecule has 0 N–H and O–H groups in total. The molecule has 0 amide bonds. The van der Waals surface area contributed by atoms with Gasteiger partial charge in [0.15, 0.2) is 0 Å². The molecule has 6 heteroatoms. The Hall–Kier alpha value is -19.9. The van der Waals surface area contributed by atoms with Crippen molar-refractivity contribution in [3.8, 4) is 83.8 Å². The Kier molecular flexibility index (Phi) is 22.9. The number of rotatable bonds is 18. The molecular formula is C144H98N6. The topological polar surface area (TPSA) is 24.5 Å². The van der Waals surface area contributed by atoms with Crippen molar-refractivity contribution < 1.29 is 0 Å². The fraction of sp³-hybridized carbons (Fsp3) is 0. The molecule has 0 atom stereocenters. The normalized spacial score (nSPS) is 11.5. The second-order valence-electron chi connectivity index (χ2n) is 38.7. The molecule has 26 aromatic carbocycles. The summed E-state index contributed by atoms with van der Waals surface area (Å²) in [6.45, 7) is 0. The van der Waals surface area contributed by atoms with Crippen molar-refractivity contribution in [2.75, 3.05) is 14.7 Å². The summed E-state index contributed by atoms with van der Waals surface area (Å²) in [4.78, 5) is 7.10. The predicted octanol–water partition coefficient (Wildman–Crippen LogP) is 40.0. The van der Waals surface area contributed by atoms with Gasteiger partial charge in [-0.1, -0.05) is 419 Å².